The molecule has 1 aliphatic carbocycles. The van der Waals surface area contributed by atoms with E-state index < -0.39 is 11.9 Å². The standard InChI is InChI=1S/C14H21N3O3S/c1-8(15)13-17-11(7-21-13)12(18)16-10-6-4-2-3-5-9(10)14(19)20/h7-10H,2-6,15H2,1H3,(H,16,18)(H,19,20). The van der Waals surface area contributed by atoms with Gasteiger partial charge in [0.05, 0.1) is 12.0 Å². The minimum Gasteiger partial charge on any atom is -0.481 e. The van der Waals surface area contributed by atoms with Crippen LogP contribution in [0.4, 0.5) is 0 Å². The number of nitrogens with one attached hydrogen (secondary N) is 1. The summed E-state index contributed by atoms with van der Waals surface area (Å²) in [4.78, 5) is 27.8. The van der Waals surface area contributed by atoms with Crippen LogP contribution < -0.4 is 11.1 Å². The van der Waals surface area contributed by atoms with Gasteiger partial charge in [-0.3, -0.25) is 9.59 Å². The van der Waals surface area contributed by atoms with Crippen molar-refractivity contribution in [1.29, 1.82) is 0 Å². The lowest BCUT2D eigenvalue weighted by molar-refractivity contribution is -0.142. The second-order valence-electron chi connectivity index (χ2n) is 5.52. The zero-order valence-electron chi connectivity index (χ0n) is 12.0. The van der Waals surface area contributed by atoms with Crippen LogP contribution in [0.3, 0.4) is 0 Å². The number of aliphatic carboxylic acids is 1. The molecular weight excluding hydrogens is 290 g/mol. The summed E-state index contributed by atoms with van der Waals surface area (Å²) in [6.45, 7) is 1.81. The van der Waals surface area contributed by atoms with Crippen molar-refractivity contribution in [3.8, 4) is 0 Å². The average Bonchev–Trinajstić information content (AvgIpc) is 2.81. The minimum atomic E-state index is -0.836. The number of amides is 1. The Labute approximate surface area is 127 Å². The van der Waals surface area contributed by atoms with Gasteiger partial charge in [-0.15, -0.1) is 11.3 Å². The number of hydrogen-bond acceptors (Lipinski definition) is 5. The minimum absolute atomic E-state index is 0.207. The Hall–Kier alpha value is -1.47. The molecule has 7 heteroatoms. The van der Waals surface area contributed by atoms with Crippen LogP contribution in [-0.4, -0.2) is 28.0 Å². The molecule has 4 N–H and O–H groups in total. The van der Waals surface area contributed by atoms with E-state index in [9.17, 15) is 14.7 Å². The van der Waals surface area contributed by atoms with E-state index in [2.05, 4.69) is 10.3 Å². The van der Waals surface area contributed by atoms with Crippen molar-refractivity contribution in [1.82, 2.24) is 10.3 Å². The fourth-order valence-corrected chi connectivity index (χ4v) is 3.38. The maximum absolute atomic E-state index is 12.2. The van der Waals surface area contributed by atoms with Crippen LogP contribution in [0.2, 0.25) is 0 Å². The van der Waals surface area contributed by atoms with Crippen LogP contribution in [-0.2, 0) is 4.79 Å². The van der Waals surface area contributed by atoms with Crippen molar-refractivity contribution in [2.75, 3.05) is 0 Å². The number of thiazole rings is 1. The first-order chi connectivity index (χ1) is 9.99. The number of carbonyl (C=O) groups is 2. The second-order valence-corrected chi connectivity index (χ2v) is 6.41. The third-order valence-electron chi connectivity index (χ3n) is 3.79. The van der Waals surface area contributed by atoms with Gasteiger partial charge in [0.15, 0.2) is 0 Å². The molecule has 1 heterocycles. The van der Waals surface area contributed by atoms with Crippen molar-refractivity contribution in [2.45, 2.75) is 51.1 Å². The van der Waals surface area contributed by atoms with Gasteiger partial charge in [-0.2, -0.15) is 0 Å². The normalized spacial score (nSPS) is 24.1. The zero-order chi connectivity index (χ0) is 15.4. The van der Waals surface area contributed by atoms with E-state index in [1.165, 1.54) is 11.3 Å². The predicted molar refractivity (Wildman–Crippen MR) is 80.2 cm³/mol. The van der Waals surface area contributed by atoms with Crippen molar-refractivity contribution in [3.05, 3.63) is 16.1 Å². The molecule has 116 valence electrons. The number of aromatic nitrogens is 1. The van der Waals surface area contributed by atoms with E-state index in [1.54, 1.807) is 5.38 Å². The zero-order valence-corrected chi connectivity index (χ0v) is 12.9. The molecule has 3 atom stereocenters. The van der Waals surface area contributed by atoms with E-state index in [0.29, 0.717) is 23.5 Å². The van der Waals surface area contributed by atoms with Gasteiger partial charge >= 0.3 is 5.97 Å². The maximum atomic E-state index is 12.2. The molecule has 21 heavy (non-hydrogen) atoms. The van der Waals surface area contributed by atoms with Crippen LogP contribution in [0.5, 0.6) is 0 Å². The second kappa shape index (κ2) is 7.00. The van der Waals surface area contributed by atoms with Gasteiger partial charge in [0.1, 0.15) is 10.7 Å². The highest BCUT2D eigenvalue weighted by molar-refractivity contribution is 7.09. The molecule has 6 nitrogen and oxygen atoms in total. The van der Waals surface area contributed by atoms with Gasteiger partial charge in [-0.25, -0.2) is 4.98 Å². The molecule has 1 aromatic rings. The molecule has 1 aromatic heterocycles. The first-order valence-corrected chi connectivity index (χ1v) is 8.11. The Morgan fingerprint density at radius 3 is 2.76 bits per heavy atom. The summed E-state index contributed by atoms with van der Waals surface area (Å²) in [5, 5.41) is 14.5. The van der Waals surface area contributed by atoms with Gasteiger partial charge in [0.2, 0.25) is 0 Å². The number of carbonyl (C=O) groups excluding carboxylic acids is 1. The van der Waals surface area contributed by atoms with Crippen LogP contribution >= 0.6 is 11.3 Å². The summed E-state index contributed by atoms with van der Waals surface area (Å²) in [6, 6.07) is -0.529. The molecule has 1 fully saturated rings. The molecule has 0 radical (unpaired) electrons. The van der Waals surface area contributed by atoms with E-state index in [1.807, 2.05) is 6.92 Å². The van der Waals surface area contributed by atoms with E-state index in [4.69, 9.17) is 5.73 Å². The largest absolute Gasteiger partial charge is 0.481 e. The molecule has 0 bridgehead atoms. The van der Waals surface area contributed by atoms with Gasteiger partial charge in [0, 0.05) is 11.4 Å². The fraction of sp³-hybridized carbons (Fsp3) is 0.643. The lowest BCUT2D eigenvalue weighted by Gasteiger charge is -2.22. The average molecular weight is 311 g/mol. The third kappa shape index (κ3) is 4.01. The number of carboxylic acid groups (broad SMARTS) is 1. The Kier molecular flexibility index (Phi) is 5.30. The molecule has 2 rings (SSSR count). The smallest absolute Gasteiger partial charge is 0.308 e. The van der Waals surface area contributed by atoms with E-state index >= 15 is 0 Å². The van der Waals surface area contributed by atoms with Crippen molar-refractivity contribution < 1.29 is 14.7 Å². The highest BCUT2D eigenvalue weighted by Gasteiger charge is 2.31. The predicted octanol–water partition coefficient (Wildman–Crippen LogP) is 1.93. The van der Waals surface area contributed by atoms with Crippen LogP contribution in [0.1, 0.15) is 60.6 Å². The lowest BCUT2D eigenvalue weighted by Crippen LogP contribution is -2.43. The number of nitrogens with zero attached hydrogens (tertiary/aromatic N) is 1. The highest BCUT2D eigenvalue weighted by Crippen LogP contribution is 2.24. The van der Waals surface area contributed by atoms with E-state index in [0.717, 1.165) is 19.3 Å². The fourth-order valence-electron chi connectivity index (χ4n) is 2.62. The molecule has 0 aromatic carbocycles. The maximum Gasteiger partial charge on any atom is 0.308 e. The third-order valence-corrected chi connectivity index (χ3v) is 4.84. The molecule has 0 spiro atoms. The molecule has 3 unspecified atom stereocenters. The van der Waals surface area contributed by atoms with Gasteiger partial charge in [-0.05, 0) is 19.8 Å². The Balaban J connectivity index is 2.06. The number of hydrogen-bond donors (Lipinski definition) is 3. The van der Waals surface area contributed by atoms with Crippen LogP contribution in [0.15, 0.2) is 5.38 Å². The molecular formula is C14H21N3O3S. The van der Waals surface area contributed by atoms with Gasteiger partial charge < -0.3 is 16.2 Å². The van der Waals surface area contributed by atoms with Gasteiger partial charge in [-0.1, -0.05) is 19.3 Å². The summed E-state index contributed by atoms with van der Waals surface area (Å²) in [6.07, 6.45) is 4.17. The Morgan fingerprint density at radius 1 is 1.43 bits per heavy atom. The summed E-state index contributed by atoms with van der Waals surface area (Å²) in [5.74, 6) is -1.66. The number of rotatable bonds is 4. The highest BCUT2D eigenvalue weighted by atomic mass is 32.1. The first kappa shape index (κ1) is 15.9. The SMILES string of the molecule is CC(N)c1nc(C(=O)NC2CCCCCC2C(=O)O)cs1. The van der Waals surface area contributed by atoms with Crippen molar-refractivity contribution in [3.63, 3.8) is 0 Å². The number of nitrogens with two attached hydrogens (primary N) is 1. The van der Waals surface area contributed by atoms with Crippen LogP contribution in [0.25, 0.3) is 0 Å². The summed E-state index contributed by atoms with van der Waals surface area (Å²) in [5.41, 5.74) is 6.05. The lowest BCUT2D eigenvalue weighted by atomic mass is 9.95. The molecule has 1 aliphatic rings. The first-order valence-electron chi connectivity index (χ1n) is 7.23. The Bertz CT molecular complexity index is 515. The summed E-state index contributed by atoms with van der Waals surface area (Å²) in [7, 11) is 0. The topological polar surface area (TPSA) is 105 Å². The van der Waals surface area contributed by atoms with E-state index in [-0.39, 0.29) is 18.0 Å². The van der Waals surface area contributed by atoms with Crippen molar-refractivity contribution >= 4 is 23.2 Å². The molecule has 0 saturated heterocycles. The molecule has 1 saturated carbocycles. The summed E-state index contributed by atoms with van der Waals surface area (Å²) >= 11 is 1.35. The van der Waals surface area contributed by atoms with Gasteiger partial charge in [0.25, 0.3) is 5.91 Å². The monoisotopic (exact) mass is 311 g/mol. The quantitative estimate of drug-likeness (QED) is 0.737. The molecule has 0 aliphatic heterocycles. The summed E-state index contributed by atoms with van der Waals surface area (Å²) < 4.78 is 0. The number of carboxylic acids is 1. The van der Waals surface area contributed by atoms with Crippen molar-refractivity contribution in [2.24, 2.45) is 11.7 Å². The Morgan fingerprint density at radius 2 is 2.14 bits per heavy atom. The van der Waals surface area contributed by atoms with Crippen LogP contribution in [0, 0.1) is 5.92 Å². The molecule has 1 amide bonds.